The number of unbranched alkanes of at least 4 members (excludes halogenated alkanes) is 1. The molecule has 0 atom stereocenters. The Bertz CT molecular complexity index is 850. The van der Waals surface area contributed by atoms with Crippen molar-refractivity contribution in [1.82, 2.24) is 14.8 Å². The molecule has 0 fully saturated rings. The van der Waals surface area contributed by atoms with Gasteiger partial charge in [0.1, 0.15) is 10.7 Å². The van der Waals surface area contributed by atoms with Gasteiger partial charge >= 0.3 is 0 Å². The third kappa shape index (κ3) is 2.99. The van der Waals surface area contributed by atoms with Crippen LogP contribution in [-0.2, 0) is 6.54 Å². The summed E-state index contributed by atoms with van der Waals surface area (Å²) in [5, 5.41) is 13.3. The molecule has 0 radical (unpaired) electrons. The number of nitrogens with zero attached hydrogens (tertiary/aromatic N) is 3. The van der Waals surface area contributed by atoms with E-state index in [9.17, 15) is 4.79 Å². The number of nitrogens with one attached hydrogen (secondary N) is 1. The molecule has 2 aromatic heterocycles. The van der Waals surface area contributed by atoms with Gasteiger partial charge in [-0.05, 0) is 31.9 Å². The number of amides is 1. The first-order valence-corrected chi connectivity index (χ1v) is 8.62. The van der Waals surface area contributed by atoms with E-state index < -0.39 is 0 Å². The monoisotopic (exact) mass is 328 g/mol. The first-order valence-electron chi connectivity index (χ1n) is 7.81. The molecule has 120 valence electrons. The van der Waals surface area contributed by atoms with Gasteiger partial charge in [-0.1, -0.05) is 42.9 Å². The SMILES string of the molecule is CCCCn1c(C(=O)Nc2nnc(C)s2)c(C)c2ccccc21. The van der Waals surface area contributed by atoms with Gasteiger partial charge in [-0.3, -0.25) is 10.1 Å². The van der Waals surface area contributed by atoms with E-state index in [1.807, 2.05) is 26.0 Å². The van der Waals surface area contributed by atoms with Gasteiger partial charge in [-0.15, -0.1) is 10.2 Å². The van der Waals surface area contributed by atoms with Crippen molar-refractivity contribution >= 4 is 33.3 Å². The van der Waals surface area contributed by atoms with Crippen LogP contribution in [-0.4, -0.2) is 20.7 Å². The molecule has 1 amide bonds. The number of aromatic nitrogens is 3. The predicted octanol–water partition coefficient (Wildman–Crippen LogP) is 4.16. The zero-order valence-electron chi connectivity index (χ0n) is 13.6. The van der Waals surface area contributed by atoms with Crippen LogP contribution in [0.1, 0.15) is 40.8 Å². The molecule has 3 rings (SSSR count). The zero-order valence-corrected chi connectivity index (χ0v) is 14.4. The van der Waals surface area contributed by atoms with Crippen LogP contribution < -0.4 is 5.32 Å². The van der Waals surface area contributed by atoms with Crippen LogP contribution in [0, 0.1) is 13.8 Å². The molecule has 0 saturated heterocycles. The number of aryl methyl sites for hydroxylation is 3. The Kier molecular flexibility index (Phi) is 4.43. The minimum atomic E-state index is -0.119. The topological polar surface area (TPSA) is 59.8 Å². The standard InChI is InChI=1S/C17H20N4OS/c1-4-5-10-21-14-9-7-6-8-13(14)11(2)15(21)16(22)18-17-20-19-12(3)23-17/h6-9H,4-5,10H2,1-3H3,(H,18,20,22). The molecule has 0 bridgehead atoms. The molecular formula is C17H20N4OS. The van der Waals surface area contributed by atoms with E-state index in [4.69, 9.17) is 0 Å². The Labute approximate surface area is 139 Å². The maximum absolute atomic E-state index is 12.8. The molecule has 0 aliphatic heterocycles. The quantitative estimate of drug-likeness (QED) is 0.765. The van der Waals surface area contributed by atoms with Crippen molar-refractivity contribution < 1.29 is 4.79 Å². The van der Waals surface area contributed by atoms with Crippen molar-refractivity contribution in [3.8, 4) is 0 Å². The van der Waals surface area contributed by atoms with E-state index in [-0.39, 0.29) is 5.91 Å². The van der Waals surface area contributed by atoms with Crippen LogP contribution in [0.3, 0.4) is 0 Å². The number of benzene rings is 1. The third-order valence-electron chi connectivity index (χ3n) is 3.92. The first-order chi connectivity index (χ1) is 11.1. The number of rotatable bonds is 5. The van der Waals surface area contributed by atoms with Gasteiger partial charge in [0.25, 0.3) is 5.91 Å². The van der Waals surface area contributed by atoms with Gasteiger partial charge in [0.2, 0.25) is 5.13 Å². The molecule has 1 N–H and O–H groups in total. The minimum Gasteiger partial charge on any atom is -0.336 e. The van der Waals surface area contributed by atoms with Crippen molar-refractivity contribution in [2.75, 3.05) is 5.32 Å². The second-order valence-electron chi connectivity index (χ2n) is 5.58. The number of anilines is 1. The van der Waals surface area contributed by atoms with Gasteiger partial charge in [-0.2, -0.15) is 0 Å². The fraction of sp³-hybridized carbons (Fsp3) is 0.353. The summed E-state index contributed by atoms with van der Waals surface area (Å²) in [4.78, 5) is 12.8. The zero-order chi connectivity index (χ0) is 16.4. The Morgan fingerprint density at radius 2 is 2.04 bits per heavy atom. The van der Waals surface area contributed by atoms with Crippen molar-refractivity contribution in [3.63, 3.8) is 0 Å². The lowest BCUT2D eigenvalue weighted by Crippen LogP contribution is -2.18. The van der Waals surface area contributed by atoms with E-state index in [0.29, 0.717) is 10.8 Å². The molecule has 5 nitrogen and oxygen atoms in total. The summed E-state index contributed by atoms with van der Waals surface area (Å²) in [5.74, 6) is -0.119. The average molecular weight is 328 g/mol. The molecule has 2 heterocycles. The average Bonchev–Trinajstić information content (AvgIpc) is 3.07. The maximum Gasteiger partial charge on any atom is 0.274 e. The van der Waals surface area contributed by atoms with Crippen LogP contribution in [0.4, 0.5) is 5.13 Å². The van der Waals surface area contributed by atoms with Crippen LogP contribution in [0.25, 0.3) is 10.9 Å². The van der Waals surface area contributed by atoms with Crippen molar-refractivity contribution in [2.24, 2.45) is 0 Å². The fourth-order valence-corrected chi connectivity index (χ4v) is 3.41. The Morgan fingerprint density at radius 1 is 1.26 bits per heavy atom. The predicted molar refractivity (Wildman–Crippen MR) is 94.2 cm³/mol. The lowest BCUT2D eigenvalue weighted by atomic mass is 10.1. The van der Waals surface area contributed by atoms with E-state index in [1.54, 1.807) is 0 Å². The van der Waals surface area contributed by atoms with Crippen LogP contribution >= 0.6 is 11.3 Å². The van der Waals surface area contributed by atoms with Crippen molar-refractivity contribution in [2.45, 2.75) is 40.2 Å². The third-order valence-corrected chi connectivity index (χ3v) is 4.67. The van der Waals surface area contributed by atoms with Gasteiger partial charge in [0.05, 0.1) is 0 Å². The normalized spacial score (nSPS) is 11.1. The number of hydrogen-bond donors (Lipinski definition) is 1. The Morgan fingerprint density at radius 3 is 2.74 bits per heavy atom. The number of fused-ring (bicyclic) bond motifs is 1. The second-order valence-corrected chi connectivity index (χ2v) is 6.76. The van der Waals surface area contributed by atoms with E-state index >= 15 is 0 Å². The number of carbonyl (C=O) groups excluding carboxylic acids is 1. The largest absolute Gasteiger partial charge is 0.336 e. The molecule has 23 heavy (non-hydrogen) atoms. The molecule has 3 aromatic rings. The number of para-hydroxylation sites is 1. The molecule has 1 aromatic carbocycles. The minimum absolute atomic E-state index is 0.119. The van der Waals surface area contributed by atoms with E-state index in [0.717, 1.165) is 40.9 Å². The van der Waals surface area contributed by atoms with Crippen molar-refractivity contribution in [3.05, 3.63) is 40.5 Å². The summed E-state index contributed by atoms with van der Waals surface area (Å²) in [7, 11) is 0. The van der Waals surface area contributed by atoms with Gasteiger partial charge in [-0.25, -0.2) is 0 Å². The second kappa shape index (κ2) is 6.50. The Balaban J connectivity index is 2.04. The lowest BCUT2D eigenvalue weighted by Gasteiger charge is -2.10. The fourth-order valence-electron chi connectivity index (χ4n) is 2.82. The molecule has 6 heteroatoms. The smallest absolute Gasteiger partial charge is 0.274 e. The molecule has 0 aliphatic carbocycles. The van der Waals surface area contributed by atoms with Gasteiger partial charge in [0, 0.05) is 17.4 Å². The summed E-state index contributed by atoms with van der Waals surface area (Å²) in [6.07, 6.45) is 2.12. The summed E-state index contributed by atoms with van der Waals surface area (Å²) in [6, 6.07) is 8.16. The maximum atomic E-state index is 12.8. The highest BCUT2D eigenvalue weighted by Crippen LogP contribution is 2.27. The molecule has 0 saturated carbocycles. The molecule has 0 spiro atoms. The van der Waals surface area contributed by atoms with E-state index in [2.05, 4.69) is 39.1 Å². The first kappa shape index (κ1) is 15.7. The van der Waals surface area contributed by atoms with E-state index in [1.165, 1.54) is 11.3 Å². The molecule has 0 unspecified atom stereocenters. The summed E-state index contributed by atoms with van der Waals surface area (Å²) in [5.41, 5.74) is 2.83. The van der Waals surface area contributed by atoms with Crippen molar-refractivity contribution in [1.29, 1.82) is 0 Å². The number of carbonyl (C=O) groups is 1. The highest BCUT2D eigenvalue weighted by molar-refractivity contribution is 7.15. The molecular weight excluding hydrogens is 308 g/mol. The summed E-state index contributed by atoms with van der Waals surface area (Å²) < 4.78 is 2.12. The highest BCUT2D eigenvalue weighted by atomic mass is 32.1. The highest BCUT2D eigenvalue weighted by Gasteiger charge is 2.20. The van der Waals surface area contributed by atoms with Crippen LogP contribution in [0.2, 0.25) is 0 Å². The Hall–Kier alpha value is -2.21. The number of hydrogen-bond acceptors (Lipinski definition) is 4. The van der Waals surface area contributed by atoms with Gasteiger partial charge in [0.15, 0.2) is 0 Å². The van der Waals surface area contributed by atoms with Crippen LogP contribution in [0.5, 0.6) is 0 Å². The van der Waals surface area contributed by atoms with Gasteiger partial charge < -0.3 is 4.57 Å². The summed E-state index contributed by atoms with van der Waals surface area (Å²) >= 11 is 1.38. The summed E-state index contributed by atoms with van der Waals surface area (Å²) in [6.45, 7) is 6.87. The molecule has 0 aliphatic rings. The van der Waals surface area contributed by atoms with Crippen LogP contribution in [0.15, 0.2) is 24.3 Å². The lowest BCUT2D eigenvalue weighted by molar-refractivity contribution is 0.101.